The molecule has 0 aliphatic heterocycles. The molecule has 0 radical (unpaired) electrons. The SMILES string of the molecule is CC#CCNCc1ccc(OC)c2ccccc12. The maximum Gasteiger partial charge on any atom is 0.126 e. The molecule has 2 aromatic carbocycles. The Morgan fingerprint density at radius 1 is 1.11 bits per heavy atom. The second-order valence-electron chi connectivity index (χ2n) is 4.00. The number of rotatable bonds is 4. The first-order chi connectivity index (χ1) is 8.86. The Balaban J connectivity index is 2.30. The van der Waals surface area contributed by atoms with E-state index >= 15 is 0 Å². The van der Waals surface area contributed by atoms with Crippen LogP contribution in [0.4, 0.5) is 0 Å². The molecule has 0 spiro atoms. The molecular formula is C16H17NO. The molecule has 92 valence electrons. The third-order valence-electron chi connectivity index (χ3n) is 2.90. The van der Waals surface area contributed by atoms with Gasteiger partial charge in [-0.2, -0.15) is 0 Å². The van der Waals surface area contributed by atoms with Gasteiger partial charge < -0.3 is 10.1 Å². The zero-order chi connectivity index (χ0) is 12.8. The molecule has 0 saturated carbocycles. The first kappa shape index (κ1) is 12.5. The number of hydrogen-bond acceptors (Lipinski definition) is 2. The lowest BCUT2D eigenvalue weighted by atomic mass is 10.0. The second-order valence-corrected chi connectivity index (χ2v) is 4.00. The fraction of sp³-hybridized carbons (Fsp3) is 0.250. The van der Waals surface area contributed by atoms with Gasteiger partial charge in [0.25, 0.3) is 0 Å². The fourth-order valence-electron chi connectivity index (χ4n) is 2.01. The topological polar surface area (TPSA) is 21.3 Å². The monoisotopic (exact) mass is 239 g/mol. The van der Waals surface area contributed by atoms with Crippen molar-refractivity contribution < 1.29 is 4.74 Å². The summed E-state index contributed by atoms with van der Waals surface area (Å²) in [6, 6.07) is 12.4. The van der Waals surface area contributed by atoms with Gasteiger partial charge in [0.2, 0.25) is 0 Å². The number of benzene rings is 2. The molecule has 2 rings (SSSR count). The summed E-state index contributed by atoms with van der Waals surface area (Å²) in [5, 5.41) is 5.70. The van der Waals surface area contributed by atoms with E-state index in [1.807, 2.05) is 19.1 Å². The van der Waals surface area contributed by atoms with Crippen LogP contribution in [0.2, 0.25) is 0 Å². The van der Waals surface area contributed by atoms with Crippen LogP contribution in [-0.2, 0) is 6.54 Å². The highest BCUT2D eigenvalue weighted by Gasteiger charge is 2.04. The van der Waals surface area contributed by atoms with Crippen LogP contribution in [0.3, 0.4) is 0 Å². The van der Waals surface area contributed by atoms with Crippen molar-refractivity contribution in [3.8, 4) is 17.6 Å². The summed E-state index contributed by atoms with van der Waals surface area (Å²) in [5.74, 6) is 6.80. The highest BCUT2D eigenvalue weighted by molar-refractivity contribution is 5.91. The van der Waals surface area contributed by atoms with Gasteiger partial charge in [0.05, 0.1) is 13.7 Å². The third-order valence-corrected chi connectivity index (χ3v) is 2.90. The lowest BCUT2D eigenvalue weighted by Crippen LogP contribution is -2.13. The molecule has 1 N–H and O–H groups in total. The molecule has 0 aromatic heterocycles. The van der Waals surface area contributed by atoms with Crippen LogP contribution in [0.5, 0.6) is 5.75 Å². The average molecular weight is 239 g/mol. The first-order valence-corrected chi connectivity index (χ1v) is 6.01. The minimum Gasteiger partial charge on any atom is -0.496 e. The summed E-state index contributed by atoms with van der Waals surface area (Å²) >= 11 is 0. The van der Waals surface area contributed by atoms with Crippen molar-refractivity contribution >= 4 is 10.8 Å². The van der Waals surface area contributed by atoms with Gasteiger partial charge in [0, 0.05) is 11.9 Å². The predicted molar refractivity (Wildman–Crippen MR) is 75.7 cm³/mol. The Bertz CT molecular complexity index is 593. The number of methoxy groups -OCH3 is 1. The van der Waals surface area contributed by atoms with E-state index in [1.54, 1.807) is 7.11 Å². The van der Waals surface area contributed by atoms with Gasteiger partial charge in [-0.15, -0.1) is 5.92 Å². The molecule has 0 atom stereocenters. The molecule has 0 bridgehead atoms. The minimum absolute atomic E-state index is 0.719. The van der Waals surface area contributed by atoms with Crippen LogP contribution in [0.25, 0.3) is 10.8 Å². The molecular weight excluding hydrogens is 222 g/mol. The van der Waals surface area contributed by atoms with Crippen molar-refractivity contribution in [1.29, 1.82) is 0 Å². The van der Waals surface area contributed by atoms with Gasteiger partial charge >= 0.3 is 0 Å². The Morgan fingerprint density at radius 2 is 1.89 bits per heavy atom. The van der Waals surface area contributed by atoms with Crippen LogP contribution in [-0.4, -0.2) is 13.7 Å². The van der Waals surface area contributed by atoms with Gasteiger partial charge in [-0.25, -0.2) is 0 Å². The van der Waals surface area contributed by atoms with E-state index in [4.69, 9.17) is 4.74 Å². The van der Waals surface area contributed by atoms with Gasteiger partial charge in [0.15, 0.2) is 0 Å². The molecule has 2 aromatic rings. The first-order valence-electron chi connectivity index (χ1n) is 6.01. The average Bonchev–Trinajstić information content (AvgIpc) is 2.43. The second kappa shape index (κ2) is 6.09. The van der Waals surface area contributed by atoms with Crippen LogP contribution in [0.1, 0.15) is 12.5 Å². The Labute approximate surface area is 108 Å². The molecule has 0 unspecified atom stereocenters. The van der Waals surface area contributed by atoms with E-state index < -0.39 is 0 Å². The number of nitrogens with one attached hydrogen (secondary N) is 1. The van der Waals surface area contributed by atoms with Gasteiger partial charge in [-0.1, -0.05) is 36.3 Å². The van der Waals surface area contributed by atoms with Crippen molar-refractivity contribution in [1.82, 2.24) is 5.32 Å². The Hall–Kier alpha value is -1.98. The summed E-state index contributed by atoms with van der Waals surface area (Å²) in [4.78, 5) is 0. The van der Waals surface area contributed by atoms with Crippen LogP contribution in [0.15, 0.2) is 36.4 Å². The van der Waals surface area contributed by atoms with Crippen molar-refractivity contribution in [2.75, 3.05) is 13.7 Å². The molecule has 18 heavy (non-hydrogen) atoms. The van der Waals surface area contributed by atoms with Crippen molar-refractivity contribution in [2.45, 2.75) is 13.5 Å². The van der Waals surface area contributed by atoms with Crippen molar-refractivity contribution in [2.24, 2.45) is 0 Å². The van der Waals surface area contributed by atoms with Gasteiger partial charge in [-0.05, 0) is 23.9 Å². The summed E-state index contributed by atoms with van der Waals surface area (Å²) in [5.41, 5.74) is 1.27. The zero-order valence-corrected chi connectivity index (χ0v) is 10.8. The molecule has 0 heterocycles. The molecule has 0 aliphatic carbocycles. The van der Waals surface area contributed by atoms with Crippen molar-refractivity contribution in [3.05, 3.63) is 42.0 Å². The molecule has 0 saturated heterocycles. The van der Waals surface area contributed by atoms with Crippen molar-refractivity contribution in [3.63, 3.8) is 0 Å². The number of fused-ring (bicyclic) bond motifs is 1. The van der Waals surface area contributed by atoms with E-state index in [0.717, 1.165) is 24.2 Å². The normalized spacial score (nSPS) is 9.89. The summed E-state index contributed by atoms with van der Waals surface area (Å²) < 4.78 is 5.38. The van der Waals surface area contributed by atoms with Crippen LogP contribution < -0.4 is 10.1 Å². The highest BCUT2D eigenvalue weighted by Crippen LogP contribution is 2.28. The van der Waals surface area contributed by atoms with Gasteiger partial charge in [-0.3, -0.25) is 0 Å². The van der Waals surface area contributed by atoms with Crippen LogP contribution in [0, 0.1) is 11.8 Å². The molecule has 0 fully saturated rings. The zero-order valence-electron chi connectivity index (χ0n) is 10.8. The van der Waals surface area contributed by atoms with Gasteiger partial charge in [0.1, 0.15) is 5.75 Å². The van der Waals surface area contributed by atoms with Crippen LogP contribution >= 0.6 is 0 Å². The lowest BCUT2D eigenvalue weighted by Gasteiger charge is -2.10. The molecule has 2 nitrogen and oxygen atoms in total. The van der Waals surface area contributed by atoms with E-state index in [1.165, 1.54) is 10.9 Å². The smallest absolute Gasteiger partial charge is 0.126 e. The lowest BCUT2D eigenvalue weighted by molar-refractivity contribution is 0.419. The quantitative estimate of drug-likeness (QED) is 0.654. The molecule has 0 aliphatic rings. The minimum atomic E-state index is 0.719. The summed E-state index contributed by atoms with van der Waals surface area (Å²) in [6.07, 6.45) is 0. The van der Waals surface area contributed by atoms with E-state index in [9.17, 15) is 0 Å². The Morgan fingerprint density at radius 3 is 2.61 bits per heavy atom. The standard InChI is InChI=1S/C16H17NO/c1-3-4-11-17-12-13-9-10-16(18-2)15-8-6-5-7-14(13)15/h5-10,17H,11-12H2,1-2H3. The maximum absolute atomic E-state index is 5.38. The number of ether oxygens (including phenoxy) is 1. The number of hydrogen-bond donors (Lipinski definition) is 1. The van der Waals surface area contributed by atoms with E-state index in [2.05, 4.69) is 41.4 Å². The highest BCUT2D eigenvalue weighted by atomic mass is 16.5. The summed E-state index contributed by atoms with van der Waals surface area (Å²) in [6.45, 7) is 3.39. The molecule has 0 amide bonds. The molecule has 2 heteroatoms. The van der Waals surface area contributed by atoms with E-state index in [0.29, 0.717) is 0 Å². The predicted octanol–water partition coefficient (Wildman–Crippen LogP) is 2.96. The maximum atomic E-state index is 5.38. The summed E-state index contributed by atoms with van der Waals surface area (Å²) in [7, 11) is 1.70. The third kappa shape index (κ3) is 2.64. The Kier molecular flexibility index (Phi) is 4.22. The largest absolute Gasteiger partial charge is 0.496 e. The van der Waals surface area contributed by atoms with E-state index in [-0.39, 0.29) is 0 Å². The fourth-order valence-corrected chi connectivity index (χ4v) is 2.01.